The minimum atomic E-state index is -0.774. The lowest BCUT2D eigenvalue weighted by molar-refractivity contribution is -0.142. The van der Waals surface area contributed by atoms with Crippen LogP contribution >= 0.6 is 11.6 Å². The van der Waals surface area contributed by atoms with Crippen molar-refractivity contribution in [1.82, 2.24) is 19.6 Å². The van der Waals surface area contributed by atoms with Crippen molar-refractivity contribution in [2.75, 3.05) is 27.2 Å². The summed E-state index contributed by atoms with van der Waals surface area (Å²) in [6.45, 7) is 1.50. The maximum absolute atomic E-state index is 14.2. The molecule has 3 atom stereocenters. The zero-order valence-electron chi connectivity index (χ0n) is 23.2. The van der Waals surface area contributed by atoms with E-state index in [1.54, 1.807) is 6.07 Å². The van der Waals surface area contributed by atoms with Gasteiger partial charge in [-0.15, -0.1) is 0 Å². The van der Waals surface area contributed by atoms with Crippen molar-refractivity contribution in [3.8, 4) is 0 Å². The average Bonchev–Trinajstić information content (AvgIpc) is 3.54. The van der Waals surface area contributed by atoms with E-state index in [1.165, 1.54) is 4.68 Å². The van der Waals surface area contributed by atoms with E-state index in [2.05, 4.69) is 19.0 Å². The first kappa shape index (κ1) is 27.2. The molecule has 8 nitrogen and oxygen atoms in total. The van der Waals surface area contributed by atoms with Gasteiger partial charge in [-0.05, 0) is 88.6 Å². The zero-order valence-corrected chi connectivity index (χ0v) is 24.0. The van der Waals surface area contributed by atoms with Gasteiger partial charge in [0.25, 0.3) is 5.91 Å². The van der Waals surface area contributed by atoms with E-state index < -0.39 is 5.97 Å². The van der Waals surface area contributed by atoms with Crippen LogP contribution in [-0.4, -0.2) is 75.7 Å². The Labute approximate surface area is 240 Å². The summed E-state index contributed by atoms with van der Waals surface area (Å²) in [6.07, 6.45) is 8.49. The highest BCUT2D eigenvalue weighted by Crippen LogP contribution is 2.44. The number of aromatic nitrogens is 2. The number of carboxylic acids is 1. The normalized spacial score (nSPS) is 24.6. The summed E-state index contributed by atoms with van der Waals surface area (Å²) < 4.78 is 1.52. The van der Waals surface area contributed by atoms with Crippen LogP contribution in [0.4, 0.5) is 0 Å². The third-order valence-electron chi connectivity index (χ3n) is 9.36. The molecule has 9 heteroatoms. The molecule has 2 fully saturated rings. The van der Waals surface area contributed by atoms with Crippen molar-refractivity contribution in [2.45, 2.75) is 69.7 Å². The van der Waals surface area contributed by atoms with Gasteiger partial charge >= 0.3 is 5.97 Å². The molecule has 40 heavy (non-hydrogen) atoms. The minimum absolute atomic E-state index is 0.161. The van der Waals surface area contributed by atoms with Crippen LogP contribution in [0.1, 0.15) is 83.7 Å². The lowest BCUT2D eigenvalue weighted by Crippen LogP contribution is -2.39. The predicted octanol–water partition coefficient (Wildman–Crippen LogP) is 4.64. The highest BCUT2D eigenvalue weighted by atomic mass is 35.5. The Bertz CT molecular complexity index is 1390. The molecule has 1 aliphatic heterocycles. The summed E-state index contributed by atoms with van der Waals surface area (Å²) in [5, 5.41) is 14.8. The van der Waals surface area contributed by atoms with Crippen molar-refractivity contribution >= 4 is 35.0 Å². The van der Waals surface area contributed by atoms with E-state index in [1.807, 2.05) is 23.1 Å². The highest BCUT2D eigenvalue weighted by Gasteiger charge is 2.38. The molecule has 1 N–H and O–H groups in total. The lowest BCUT2D eigenvalue weighted by atomic mass is 9.82. The fourth-order valence-corrected chi connectivity index (χ4v) is 7.01. The van der Waals surface area contributed by atoms with Crippen molar-refractivity contribution < 1.29 is 19.5 Å². The number of likely N-dealkylation sites (N-methyl/N-ethyl adjacent to an activating group) is 1. The predicted molar refractivity (Wildman–Crippen MR) is 153 cm³/mol. The molecule has 1 saturated carbocycles. The molecule has 0 bridgehead atoms. The van der Waals surface area contributed by atoms with Gasteiger partial charge in [0.15, 0.2) is 0 Å². The number of carboxylic acid groups (broad SMARTS) is 1. The topological polar surface area (TPSA) is 95.7 Å². The van der Waals surface area contributed by atoms with Crippen molar-refractivity contribution in [3.05, 3.63) is 57.4 Å². The van der Waals surface area contributed by atoms with Crippen molar-refractivity contribution in [2.24, 2.45) is 11.8 Å². The quantitative estimate of drug-likeness (QED) is 0.549. The second kappa shape index (κ2) is 10.8. The zero-order chi connectivity index (χ0) is 28.1. The fraction of sp³-hybridized carbons (Fsp3) is 0.548. The first-order valence-electron chi connectivity index (χ1n) is 14.5. The van der Waals surface area contributed by atoms with Crippen LogP contribution in [0.2, 0.25) is 5.02 Å². The maximum Gasteiger partial charge on any atom is 0.306 e. The molecular formula is C31H37ClN4O4. The van der Waals surface area contributed by atoms with Crippen LogP contribution < -0.4 is 0 Å². The van der Waals surface area contributed by atoms with E-state index >= 15 is 0 Å². The molecule has 1 aromatic carbocycles. The van der Waals surface area contributed by atoms with E-state index in [9.17, 15) is 19.5 Å². The largest absolute Gasteiger partial charge is 0.481 e. The first-order valence-corrected chi connectivity index (χ1v) is 14.9. The average molecular weight is 565 g/mol. The molecule has 4 aliphatic rings. The molecule has 2 heterocycles. The van der Waals surface area contributed by atoms with E-state index in [0.717, 1.165) is 60.4 Å². The van der Waals surface area contributed by atoms with E-state index in [-0.39, 0.29) is 23.7 Å². The van der Waals surface area contributed by atoms with Crippen LogP contribution in [0.3, 0.4) is 0 Å². The number of likely N-dealkylation sites (tertiary alicyclic amines) is 1. The summed E-state index contributed by atoms with van der Waals surface area (Å²) in [4.78, 5) is 43.5. The van der Waals surface area contributed by atoms with Crippen LogP contribution in [0.5, 0.6) is 0 Å². The molecule has 0 radical (unpaired) electrons. The summed E-state index contributed by atoms with van der Waals surface area (Å²) in [6, 6.07) is 6.02. The minimum Gasteiger partial charge on any atom is -0.481 e. The molecule has 1 amide bonds. The van der Waals surface area contributed by atoms with Gasteiger partial charge in [0.05, 0.1) is 27.9 Å². The number of nitrogens with zero attached hydrogens (tertiary/aromatic N) is 4. The second-order valence-electron chi connectivity index (χ2n) is 12.1. The Morgan fingerprint density at radius 3 is 2.48 bits per heavy atom. The standard InChI is InChI=1S/C31H37ClN4O4/c1-34(2)22-14-15-35(17-22)29(37)21-12-13-24-26(16-21)36(33-28(24)19-8-10-20(11-9-19)31(39)40)30(38)27-23(18-6-7-18)4-3-5-25(27)32/h3-5,8,18,20-22H,6-7,9-17H2,1-2H3,(H,39,40). The number of fused-ring (bicyclic) bond motifs is 1. The lowest BCUT2D eigenvalue weighted by Gasteiger charge is -2.28. The summed E-state index contributed by atoms with van der Waals surface area (Å²) in [5.74, 6) is -1.10. The number of allylic oxidation sites excluding steroid dienone is 2. The first-order chi connectivity index (χ1) is 19.2. The number of aliphatic carboxylic acids is 1. The van der Waals surface area contributed by atoms with Gasteiger partial charge in [0.2, 0.25) is 5.91 Å². The third kappa shape index (κ3) is 5.00. The van der Waals surface area contributed by atoms with E-state index in [4.69, 9.17) is 16.7 Å². The van der Waals surface area contributed by atoms with Crippen LogP contribution in [0.15, 0.2) is 24.3 Å². The van der Waals surface area contributed by atoms with Crippen LogP contribution in [-0.2, 0) is 22.4 Å². The number of carbonyl (C=O) groups is 3. The number of rotatable bonds is 6. The SMILES string of the molecule is CN(C)C1CCN(C(=O)C2CCc3c(C4=CCC(C(=O)O)CC4)nn(C(=O)c4c(Cl)cccc4C4CC4)c3C2)C1. The highest BCUT2D eigenvalue weighted by molar-refractivity contribution is 6.34. The van der Waals surface area contributed by atoms with Gasteiger partial charge in [-0.2, -0.15) is 9.78 Å². The monoisotopic (exact) mass is 564 g/mol. The van der Waals surface area contributed by atoms with Crippen molar-refractivity contribution in [1.29, 1.82) is 0 Å². The maximum atomic E-state index is 14.2. The van der Waals surface area contributed by atoms with E-state index in [0.29, 0.717) is 61.1 Å². The van der Waals surface area contributed by atoms with Gasteiger partial charge in [0.1, 0.15) is 0 Å². The number of amides is 1. The van der Waals surface area contributed by atoms with Gasteiger partial charge < -0.3 is 14.9 Å². The Morgan fingerprint density at radius 2 is 1.82 bits per heavy atom. The number of carbonyl (C=O) groups excluding carboxylic acids is 2. The van der Waals surface area contributed by atoms with Gasteiger partial charge in [-0.1, -0.05) is 29.8 Å². The van der Waals surface area contributed by atoms with Crippen LogP contribution in [0, 0.1) is 11.8 Å². The molecular weight excluding hydrogens is 528 g/mol. The molecule has 0 spiro atoms. The molecule has 3 unspecified atom stereocenters. The Hall–Kier alpha value is -2.97. The van der Waals surface area contributed by atoms with Crippen molar-refractivity contribution in [3.63, 3.8) is 0 Å². The molecule has 3 aliphatic carbocycles. The molecule has 6 rings (SSSR count). The Morgan fingerprint density at radius 1 is 1.05 bits per heavy atom. The molecule has 212 valence electrons. The number of hydrogen-bond acceptors (Lipinski definition) is 5. The summed E-state index contributed by atoms with van der Waals surface area (Å²) >= 11 is 6.64. The van der Waals surface area contributed by atoms with Gasteiger partial charge in [-0.3, -0.25) is 14.4 Å². The second-order valence-corrected chi connectivity index (χ2v) is 12.5. The number of hydrogen-bond donors (Lipinski definition) is 1. The number of halogens is 1. The molecule has 1 saturated heterocycles. The number of benzene rings is 1. The smallest absolute Gasteiger partial charge is 0.306 e. The molecule has 2 aromatic rings. The third-order valence-corrected chi connectivity index (χ3v) is 9.68. The van der Waals surface area contributed by atoms with Crippen LogP contribution in [0.25, 0.3) is 5.57 Å². The summed E-state index contributed by atoms with van der Waals surface area (Å²) in [7, 11) is 4.11. The molecule has 1 aromatic heterocycles. The summed E-state index contributed by atoms with van der Waals surface area (Å²) in [5.41, 5.74) is 5.08. The van der Waals surface area contributed by atoms with Gasteiger partial charge in [0, 0.05) is 37.0 Å². The fourth-order valence-electron chi connectivity index (χ4n) is 6.75. The Balaban J connectivity index is 1.36. The Kier molecular flexibility index (Phi) is 7.34. The van der Waals surface area contributed by atoms with Gasteiger partial charge in [-0.25, -0.2) is 0 Å².